The van der Waals surface area contributed by atoms with Gasteiger partial charge in [0.25, 0.3) is 0 Å². The first kappa shape index (κ1) is 13.4. The van der Waals surface area contributed by atoms with E-state index in [1.807, 2.05) is 6.92 Å². The molecule has 0 aliphatic heterocycles. The number of oxazole rings is 1. The van der Waals surface area contributed by atoms with E-state index in [-0.39, 0.29) is 11.8 Å². The van der Waals surface area contributed by atoms with Crippen molar-refractivity contribution in [3.8, 4) is 17.4 Å². The van der Waals surface area contributed by atoms with E-state index in [1.165, 1.54) is 0 Å². The molecular weight excluding hydrogens is 270 g/mol. The van der Waals surface area contributed by atoms with Crippen LogP contribution in [0.5, 0.6) is 5.95 Å². The number of hydrogen-bond acceptors (Lipinski definition) is 4. The van der Waals surface area contributed by atoms with E-state index in [2.05, 4.69) is 9.72 Å². The van der Waals surface area contributed by atoms with Gasteiger partial charge in [0, 0.05) is 0 Å². The number of aryl methyl sites for hydroxylation is 1. The summed E-state index contributed by atoms with van der Waals surface area (Å²) < 4.78 is 9.93. The number of carboxylic acid groups (broad SMARTS) is 1. The van der Waals surface area contributed by atoms with Crippen molar-refractivity contribution >= 4 is 17.8 Å². The summed E-state index contributed by atoms with van der Waals surface area (Å²) in [6.07, 6.45) is -0.0691. The molecular formula is C13H12ClNO4. The van der Waals surface area contributed by atoms with Gasteiger partial charge < -0.3 is 14.3 Å². The maximum Gasteiger partial charge on any atom is 0.513 e. The van der Waals surface area contributed by atoms with Crippen molar-refractivity contribution in [1.82, 2.24) is 4.98 Å². The standard InChI is InChI=1S/C13H12ClNO4/c1-2-5-10-12(19-13(16)17)18-11(15-10)8-6-3-4-7-9(8)14/h3-4,6-7H,2,5H2,1H3,(H,16,17). The molecule has 1 N–H and O–H groups in total. The van der Waals surface area contributed by atoms with Crippen LogP contribution in [0.3, 0.4) is 0 Å². The molecule has 0 saturated carbocycles. The number of ether oxygens (including phenoxy) is 1. The van der Waals surface area contributed by atoms with Crippen LogP contribution in [-0.2, 0) is 6.42 Å². The van der Waals surface area contributed by atoms with Gasteiger partial charge in [-0.2, -0.15) is 0 Å². The predicted molar refractivity (Wildman–Crippen MR) is 69.6 cm³/mol. The van der Waals surface area contributed by atoms with Crippen LogP contribution in [0.25, 0.3) is 11.5 Å². The fourth-order valence-corrected chi connectivity index (χ4v) is 1.86. The quantitative estimate of drug-likeness (QED) is 0.857. The highest BCUT2D eigenvalue weighted by atomic mass is 35.5. The van der Waals surface area contributed by atoms with Gasteiger partial charge in [0.15, 0.2) is 0 Å². The molecule has 2 aromatic rings. The van der Waals surface area contributed by atoms with Crippen LogP contribution < -0.4 is 4.74 Å². The second kappa shape index (κ2) is 5.75. The lowest BCUT2D eigenvalue weighted by molar-refractivity contribution is 0.132. The van der Waals surface area contributed by atoms with Crippen molar-refractivity contribution in [2.24, 2.45) is 0 Å². The highest BCUT2D eigenvalue weighted by Gasteiger charge is 2.19. The monoisotopic (exact) mass is 281 g/mol. The molecule has 2 rings (SSSR count). The lowest BCUT2D eigenvalue weighted by Crippen LogP contribution is -2.04. The van der Waals surface area contributed by atoms with Crippen LogP contribution in [0.4, 0.5) is 4.79 Å². The van der Waals surface area contributed by atoms with E-state index < -0.39 is 6.16 Å². The third kappa shape index (κ3) is 3.06. The summed E-state index contributed by atoms with van der Waals surface area (Å²) >= 11 is 6.05. The highest BCUT2D eigenvalue weighted by molar-refractivity contribution is 6.33. The van der Waals surface area contributed by atoms with Gasteiger partial charge in [-0.25, -0.2) is 9.78 Å². The summed E-state index contributed by atoms with van der Waals surface area (Å²) in [5, 5.41) is 9.14. The van der Waals surface area contributed by atoms with Gasteiger partial charge >= 0.3 is 12.1 Å². The molecule has 0 aliphatic rings. The highest BCUT2D eigenvalue weighted by Crippen LogP contribution is 2.32. The number of halogens is 1. The van der Waals surface area contributed by atoms with E-state index in [9.17, 15) is 4.79 Å². The summed E-state index contributed by atoms with van der Waals surface area (Å²) in [7, 11) is 0. The summed E-state index contributed by atoms with van der Waals surface area (Å²) in [6.45, 7) is 1.95. The van der Waals surface area contributed by atoms with Gasteiger partial charge in [0.05, 0.1) is 10.6 Å². The smallest absolute Gasteiger partial charge is 0.449 e. The number of hydrogen-bond donors (Lipinski definition) is 1. The average Bonchev–Trinajstić information content (AvgIpc) is 2.72. The molecule has 100 valence electrons. The number of carbonyl (C=O) groups is 1. The molecule has 0 radical (unpaired) electrons. The molecule has 0 saturated heterocycles. The normalized spacial score (nSPS) is 10.4. The summed E-state index contributed by atoms with van der Waals surface area (Å²) in [5.41, 5.74) is 1.07. The minimum absolute atomic E-state index is 0.0933. The van der Waals surface area contributed by atoms with Crippen LogP contribution >= 0.6 is 11.6 Å². The first-order valence-corrected chi connectivity index (χ1v) is 6.15. The molecule has 5 nitrogen and oxygen atoms in total. The van der Waals surface area contributed by atoms with Crippen LogP contribution in [-0.4, -0.2) is 16.2 Å². The Morgan fingerprint density at radius 1 is 1.47 bits per heavy atom. The van der Waals surface area contributed by atoms with Gasteiger partial charge in [0.2, 0.25) is 5.89 Å². The van der Waals surface area contributed by atoms with Gasteiger partial charge in [-0.15, -0.1) is 0 Å². The summed E-state index contributed by atoms with van der Waals surface area (Å²) in [4.78, 5) is 14.8. The molecule has 0 atom stereocenters. The van der Waals surface area contributed by atoms with Crippen molar-refractivity contribution < 1.29 is 19.1 Å². The maximum atomic E-state index is 10.6. The van der Waals surface area contributed by atoms with Crippen LogP contribution in [0, 0.1) is 0 Å². The maximum absolute atomic E-state index is 10.6. The molecule has 0 spiro atoms. The Hall–Kier alpha value is -2.01. The van der Waals surface area contributed by atoms with Crippen molar-refractivity contribution in [1.29, 1.82) is 0 Å². The van der Waals surface area contributed by atoms with Gasteiger partial charge in [-0.1, -0.05) is 37.1 Å². The van der Waals surface area contributed by atoms with Crippen molar-refractivity contribution in [3.63, 3.8) is 0 Å². The van der Waals surface area contributed by atoms with Gasteiger partial charge in [0.1, 0.15) is 5.69 Å². The lowest BCUT2D eigenvalue weighted by atomic mass is 10.2. The van der Waals surface area contributed by atoms with Crippen LogP contribution in [0.1, 0.15) is 19.0 Å². The molecule has 0 fully saturated rings. The first-order chi connectivity index (χ1) is 9.11. The van der Waals surface area contributed by atoms with E-state index in [0.29, 0.717) is 22.7 Å². The number of benzene rings is 1. The topological polar surface area (TPSA) is 72.6 Å². The minimum Gasteiger partial charge on any atom is -0.449 e. The SMILES string of the molecule is CCCc1nc(-c2ccccc2Cl)oc1OC(=O)O. The third-order valence-corrected chi connectivity index (χ3v) is 2.76. The zero-order valence-corrected chi connectivity index (χ0v) is 11.0. The molecule has 0 unspecified atom stereocenters. The summed E-state index contributed by atoms with van der Waals surface area (Å²) in [5.74, 6) is 0.162. The number of aromatic nitrogens is 1. The third-order valence-electron chi connectivity index (χ3n) is 2.43. The number of rotatable bonds is 4. The molecule has 1 aromatic heterocycles. The van der Waals surface area contributed by atoms with Crippen molar-refractivity contribution in [2.75, 3.05) is 0 Å². The Morgan fingerprint density at radius 3 is 2.84 bits per heavy atom. The van der Waals surface area contributed by atoms with Crippen LogP contribution in [0.2, 0.25) is 5.02 Å². The first-order valence-electron chi connectivity index (χ1n) is 5.77. The van der Waals surface area contributed by atoms with Gasteiger partial charge in [-0.05, 0) is 18.6 Å². The molecule has 6 heteroatoms. The zero-order valence-electron chi connectivity index (χ0n) is 10.2. The molecule has 0 aliphatic carbocycles. The minimum atomic E-state index is -1.43. The number of nitrogens with zero attached hydrogens (tertiary/aromatic N) is 1. The molecule has 1 aromatic carbocycles. The Balaban J connectivity index is 2.42. The zero-order chi connectivity index (χ0) is 13.8. The fraction of sp³-hybridized carbons (Fsp3) is 0.231. The molecule has 0 bridgehead atoms. The average molecular weight is 282 g/mol. The van der Waals surface area contributed by atoms with Crippen LogP contribution in [0.15, 0.2) is 28.7 Å². The largest absolute Gasteiger partial charge is 0.513 e. The van der Waals surface area contributed by atoms with E-state index in [1.54, 1.807) is 24.3 Å². The fourth-order valence-electron chi connectivity index (χ4n) is 1.64. The van der Waals surface area contributed by atoms with Crippen molar-refractivity contribution in [2.45, 2.75) is 19.8 Å². The molecule has 0 amide bonds. The van der Waals surface area contributed by atoms with E-state index >= 15 is 0 Å². The Morgan fingerprint density at radius 2 is 2.21 bits per heavy atom. The second-order valence-corrected chi connectivity index (χ2v) is 4.26. The summed E-state index contributed by atoms with van der Waals surface area (Å²) in [6, 6.07) is 7.03. The Kier molecular flexibility index (Phi) is 4.06. The van der Waals surface area contributed by atoms with E-state index in [0.717, 1.165) is 6.42 Å². The Labute approximate surface area is 114 Å². The second-order valence-electron chi connectivity index (χ2n) is 3.85. The van der Waals surface area contributed by atoms with E-state index in [4.69, 9.17) is 21.1 Å². The molecule has 19 heavy (non-hydrogen) atoms. The Bertz CT molecular complexity index is 594. The van der Waals surface area contributed by atoms with Gasteiger partial charge in [-0.3, -0.25) is 0 Å². The molecule has 1 heterocycles. The lowest BCUT2D eigenvalue weighted by Gasteiger charge is -1.97. The predicted octanol–water partition coefficient (Wildman–Crippen LogP) is 4.00. The van der Waals surface area contributed by atoms with Crippen molar-refractivity contribution in [3.05, 3.63) is 35.0 Å².